The average Bonchev–Trinajstić information content (AvgIpc) is 2.75. The molecule has 0 aliphatic carbocycles. The number of morpholine rings is 1. The summed E-state index contributed by atoms with van der Waals surface area (Å²) in [5, 5.41) is 0. The summed E-state index contributed by atoms with van der Waals surface area (Å²) in [6.45, 7) is 6.03. The van der Waals surface area contributed by atoms with Crippen molar-refractivity contribution < 1.29 is 31.5 Å². The van der Waals surface area contributed by atoms with Gasteiger partial charge in [-0.3, -0.25) is 9.69 Å². The number of nitrogens with zero attached hydrogens (tertiary/aromatic N) is 2. The molecule has 0 saturated carbocycles. The lowest BCUT2D eigenvalue weighted by Gasteiger charge is -2.36. The second kappa shape index (κ2) is 10.6. The molecule has 1 fully saturated rings. The maximum atomic E-state index is 14.0. The molecule has 1 atom stereocenters. The van der Waals surface area contributed by atoms with Gasteiger partial charge in [0.2, 0.25) is 0 Å². The second-order valence-electron chi connectivity index (χ2n) is 8.62. The molecule has 0 unspecified atom stereocenters. The molecule has 33 heavy (non-hydrogen) atoms. The zero-order valence-electron chi connectivity index (χ0n) is 18.5. The highest BCUT2D eigenvalue weighted by Gasteiger charge is 2.31. The van der Waals surface area contributed by atoms with Crippen molar-refractivity contribution in [2.75, 3.05) is 32.8 Å². The Kier molecular flexibility index (Phi) is 8.07. The van der Waals surface area contributed by atoms with Crippen molar-refractivity contribution in [3.05, 3.63) is 70.8 Å². The molecular formula is C24H27F5N2O2. The lowest BCUT2D eigenvalue weighted by atomic mass is 10.1. The monoisotopic (exact) mass is 470 g/mol. The fourth-order valence-corrected chi connectivity index (χ4v) is 3.86. The number of halogens is 5. The van der Waals surface area contributed by atoms with Crippen LogP contribution in [-0.2, 0) is 17.5 Å². The van der Waals surface area contributed by atoms with E-state index in [-0.39, 0.29) is 42.1 Å². The van der Waals surface area contributed by atoms with Crippen molar-refractivity contribution in [3.63, 3.8) is 0 Å². The molecule has 9 heteroatoms. The number of carbonyl (C=O) groups excluding carboxylic acids is 1. The third-order valence-corrected chi connectivity index (χ3v) is 5.40. The number of hydrogen-bond acceptors (Lipinski definition) is 3. The number of alkyl halides is 3. The van der Waals surface area contributed by atoms with E-state index < -0.39 is 23.4 Å². The highest BCUT2D eigenvalue weighted by Crippen LogP contribution is 2.29. The van der Waals surface area contributed by atoms with Crippen LogP contribution in [0.3, 0.4) is 0 Å². The normalized spacial score (nSPS) is 17.4. The second-order valence-corrected chi connectivity index (χ2v) is 8.62. The summed E-state index contributed by atoms with van der Waals surface area (Å²) in [7, 11) is 0. The van der Waals surface area contributed by atoms with Gasteiger partial charge in [0.15, 0.2) is 11.6 Å². The van der Waals surface area contributed by atoms with E-state index in [9.17, 15) is 26.7 Å². The number of amides is 1. The van der Waals surface area contributed by atoms with Crippen LogP contribution >= 0.6 is 0 Å². The third-order valence-electron chi connectivity index (χ3n) is 5.40. The van der Waals surface area contributed by atoms with Crippen LogP contribution in [0.25, 0.3) is 0 Å². The van der Waals surface area contributed by atoms with Crippen LogP contribution in [0.4, 0.5) is 22.0 Å². The fraction of sp³-hybridized carbons (Fsp3) is 0.458. The fourth-order valence-electron chi connectivity index (χ4n) is 3.86. The van der Waals surface area contributed by atoms with E-state index in [4.69, 9.17) is 4.74 Å². The molecule has 1 amide bonds. The van der Waals surface area contributed by atoms with Crippen molar-refractivity contribution in [3.8, 4) is 0 Å². The standard InChI is InChI=1S/C24H27F5N2O2/c1-16(2)12-31(23(32)17-6-8-19(9-7-17)24(27,28)29)15-20-14-30(10-11-33-20)13-18-4-3-5-21(25)22(18)26/h3-9,16,20H,10-15H2,1-2H3/t20-/m1/s1. The predicted octanol–water partition coefficient (Wildman–Crippen LogP) is 4.98. The van der Waals surface area contributed by atoms with Crippen LogP contribution in [0.5, 0.6) is 0 Å². The topological polar surface area (TPSA) is 32.8 Å². The van der Waals surface area contributed by atoms with Crippen LogP contribution < -0.4 is 0 Å². The molecule has 1 aliphatic rings. The van der Waals surface area contributed by atoms with Crippen molar-refractivity contribution in [2.24, 2.45) is 5.92 Å². The van der Waals surface area contributed by atoms with Crippen molar-refractivity contribution in [1.82, 2.24) is 9.80 Å². The number of carbonyl (C=O) groups is 1. The predicted molar refractivity (Wildman–Crippen MR) is 114 cm³/mol. The molecule has 0 bridgehead atoms. The zero-order valence-corrected chi connectivity index (χ0v) is 18.5. The molecule has 0 aromatic heterocycles. The van der Waals surface area contributed by atoms with Crippen molar-refractivity contribution in [1.29, 1.82) is 0 Å². The highest BCUT2D eigenvalue weighted by molar-refractivity contribution is 5.94. The molecule has 1 saturated heterocycles. The van der Waals surface area contributed by atoms with E-state index >= 15 is 0 Å². The highest BCUT2D eigenvalue weighted by atomic mass is 19.4. The molecule has 1 aliphatic heterocycles. The summed E-state index contributed by atoms with van der Waals surface area (Å²) in [6.07, 6.45) is -4.84. The minimum Gasteiger partial charge on any atom is -0.374 e. The summed E-state index contributed by atoms with van der Waals surface area (Å²) in [4.78, 5) is 16.6. The summed E-state index contributed by atoms with van der Waals surface area (Å²) in [5.41, 5.74) is -0.404. The number of hydrogen-bond donors (Lipinski definition) is 0. The van der Waals surface area contributed by atoms with Crippen LogP contribution in [0.15, 0.2) is 42.5 Å². The van der Waals surface area contributed by atoms with E-state index in [1.807, 2.05) is 18.7 Å². The Morgan fingerprint density at radius 1 is 1.15 bits per heavy atom. The Bertz CT molecular complexity index is 947. The van der Waals surface area contributed by atoms with Crippen LogP contribution in [0.2, 0.25) is 0 Å². The van der Waals surface area contributed by atoms with Gasteiger partial charge in [-0.15, -0.1) is 0 Å². The average molecular weight is 470 g/mol. The molecule has 180 valence electrons. The van der Waals surface area contributed by atoms with Gasteiger partial charge in [-0.25, -0.2) is 8.78 Å². The number of benzene rings is 2. The first-order chi connectivity index (χ1) is 15.5. The molecule has 0 radical (unpaired) electrons. The molecule has 3 rings (SSSR count). The molecular weight excluding hydrogens is 443 g/mol. The van der Waals surface area contributed by atoms with Gasteiger partial charge in [-0.05, 0) is 36.2 Å². The summed E-state index contributed by atoms with van der Waals surface area (Å²) < 4.78 is 71.9. The molecule has 0 N–H and O–H groups in total. The Labute approximate surface area is 189 Å². The molecule has 4 nitrogen and oxygen atoms in total. The van der Waals surface area contributed by atoms with E-state index in [0.29, 0.717) is 26.2 Å². The maximum absolute atomic E-state index is 14.0. The first-order valence-corrected chi connectivity index (χ1v) is 10.8. The van der Waals surface area contributed by atoms with Crippen LogP contribution in [-0.4, -0.2) is 54.6 Å². The Hall–Kier alpha value is -2.52. The summed E-state index contributed by atoms with van der Waals surface area (Å²) in [6, 6.07) is 8.21. The number of ether oxygens (including phenoxy) is 1. The molecule has 2 aromatic carbocycles. The molecule has 1 heterocycles. The van der Waals surface area contributed by atoms with Gasteiger partial charge < -0.3 is 9.64 Å². The molecule has 2 aromatic rings. The minimum atomic E-state index is -4.47. The van der Waals surface area contributed by atoms with Gasteiger partial charge in [0.25, 0.3) is 5.91 Å². The largest absolute Gasteiger partial charge is 0.416 e. The minimum absolute atomic E-state index is 0.129. The van der Waals surface area contributed by atoms with Crippen molar-refractivity contribution >= 4 is 5.91 Å². The first kappa shape index (κ1) is 25.1. The van der Waals surface area contributed by atoms with E-state index in [1.165, 1.54) is 24.3 Å². The first-order valence-electron chi connectivity index (χ1n) is 10.8. The quantitative estimate of drug-likeness (QED) is 0.535. The summed E-state index contributed by atoms with van der Waals surface area (Å²) >= 11 is 0. The van der Waals surface area contributed by atoms with Crippen LogP contribution in [0, 0.1) is 17.6 Å². The zero-order chi connectivity index (χ0) is 24.2. The van der Waals surface area contributed by atoms with Gasteiger partial charge in [-0.1, -0.05) is 26.0 Å². The Balaban J connectivity index is 1.69. The number of rotatable bonds is 7. The van der Waals surface area contributed by atoms with Crippen LogP contribution in [0.1, 0.15) is 35.3 Å². The SMILES string of the molecule is CC(C)CN(C[C@H]1CN(Cc2cccc(F)c2F)CCO1)C(=O)c1ccc(C(F)(F)F)cc1. The molecule has 0 spiro atoms. The Morgan fingerprint density at radius 2 is 1.85 bits per heavy atom. The van der Waals surface area contributed by atoms with Gasteiger partial charge >= 0.3 is 6.18 Å². The van der Waals surface area contributed by atoms with Crippen molar-refractivity contribution in [2.45, 2.75) is 32.7 Å². The lowest BCUT2D eigenvalue weighted by molar-refractivity contribution is -0.137. The maximum Gasteiger partial charge on any atom is 0.416 e. The van der Waals surface area contributed by atoms with E-state index in [0.717, 1.165) is 18.2 Å². The van der Waals surface area contributed by atoms with Gasteiger partial charge in [-0.2, -0.15) is 13.2 Å². The Morgan fingerprint density at radius 3 is 2.48 bits per heavy atom. The van der Waals surface area contributed by atoms with E-state index in [2.05, 4.69) is 0 Å². The van der Waals surface area contributed by atoms with Gasteiger partial charge in [0, 0.05) is 43.9 Å². The smallest absolute Gasteiger partial charge is 0.374 e. The summed E-state index contributed by atoms with van der Waals surface area (Å²) in [5.74, 6) is -2.03. The lowest BCUT2D eigenvalue weighted by Crippen LogP contribution is -2.49. The van der Waals surface area contributed by atoms with Gasteiger partial charge in [0.1, 0.15) is 0 Å². The van der Waals surface area contributed by atoms with Gasteiger partial charge in [0.05, 0.1) is 18.3 Å². The van der Waals surface area contributed by atoms with E-state index in [1.54, 1.807) is 4.90 Å². The third kappa shape index (κ3) is 6.74.